The highest BCUT2D eigenvalue weighted by molar-refractivity contribution is 6.37. The predicted molar refractivity (Wildman–Crippen MR) is 78.6 cm³/mol. The van der Waals surface area contributed by atoms with Crippen molar-refractivity contribution in [2.45, 2.75) is 6.54 Å². The van der Waals surface area contributed by atoms with E-state index < -0.39 is 0 Å². The predicted octanol–water partition coefficient (Wildman–Crippen LogP) is 3.31. The first kappa shape index (κ1) is 13.1. The largest absolute Gasteiger partial charge is 0.454 e. The lowest BCUT2D eigenvalue weighted by atomic mass is 10.2. The standard InChI is InChI=1S/C13H11Cl2N3O2/c14-8-4-9(15)13(18-12(8)16)17-5-7-1-2-10-11(3-7)20-6-19-10/h1-4H,5-6H2,(H3,16,17,18). The summed E-state index contributed by atoms with van der Waals surface area (Å²) in [7, 11) is 0. The van der Waals surface area contributed by atoms with Crippen LogP contribution in [0.5, 0.6) is 11.5 Å². The first-order valence-corrected chi connectivity index (χ1v) is 6.63. The first-order chi connectivity index (χ1) is 9.63. The van der Waals surface area contributed by atoms with E-state index in [0.29, 0.717) is 22.4 Å². The van der Waals surface area contributed by atoms with E-state index in [2.05, 4.69) is 10.3 Å². The van der Waals surface area contributed by atoms with Gasteiger partial charge in [-0.15, -0.1) is 0 Å². The fourth-order valence-electron chi connectivity index (χ4n) is 1.84. The van der Waals surface area contributed by atoms with Crippen molar-refractivity contribution >= 4 is 34.8 Å². The Balaban J connectivity index is 1.75. The third kappa shape index (κ3) is 2.55. The molecule has 0 saturated heterocycles. The van der Waals surface area contributed by atoms with Gasteiger partial charge in [-0.2, -0.15) is 0 Å². The molecule has 0 unspecified atom stereocenters. The third-order valence-corrected chi connectivity index (χ3v) is 3.44. The number of hydrogen-bond donors (Lipinski definition) is 2. The molecular formula is C13H11Cl2N3O2. The van der Waals surface area contributed by atoms with E-state index in [1.807, 2.05) is 18.2 Å². The number of fused-ring (bicyclic) bond motifs is 1. The molecule has 0 spiro atoms. The normalized spacial score (nSPS) is 12.5. The van der Waals surface area contributed by atoms with Crippen LogP contribution in [0.15, 0.2) is 24.3 Å². The fourth-order valence-corrected chi connectivity index (χ4v) is 2.27. The molecule has 104 valence electrons. The van der Waals surface area contributed by atoms with E-state index in [4.69, 9.17) is 38.4 Å². The van der Waals surface area contributed by atoms with E-state index in [9.17, 15) is 0 Å². The minimum Gasteiger partial charge on any atom is -0.454 e. The van der Waals surface area contributed by atoms with Crippen LogP contribution in [-0.4, -0.2) is 11.8 Å². The molecular weight excluding hydrogens is 301 g/mol. The molecule has 0 radical (unpaired) electrons. The molecule has 2 aromatic rings. The summed E-state index contributed by atoms with van der Waals surface area (Å²) in [6.07, 6.45) is 0. The number of anilines is 2. The van der Waals surface area contributed by atoms with Crippen LogP contribution in [0.1, 0.15) is 5.56 Å². The molecule has 0 fully saturated rings. The van der Waals surface area contributed by atoms with Gasteiger partial charge in [0.25, 0.3) is 0 Å². The zero-order chi connectivity index (χ0) is 14.1. The lowest BCUT2D eigenvalue weighted by Gasteiger charge is -2.09. The van der Waals surface area contributed by atoms with Gasteiger partial charge in [0, 0.05) is 6.54 Å². The van der Waals surface area contributed by atoms with E-state index in [0.717, 1.165) is 17.1 Å². The zero-order valence-electron chi connectivity index (χ0n) is 10.3. The molecule has 2 heterocycles. The van der Waals surface area contributed by atoms with Crippen molar-refractivity contribution in [3.05, 3.63) is 39.9 Å². The van der Waals surface area contributed by atoms with Gasteiger partial charge in [-0.05, 0) is 23.8 Å². The Morgan fingerprint density at radius 1 is 1.15 bits per heavy atom. The quantitative estimate of drug-likeness (QED) is 0.910. The molecule has 1 aromatic carbocycles. The third-order valence-electron chi connectivity index (χ3n) is 2.85. The number of ether oxygens (including phenoxy) is 2. The topological polar surface area (TPSA) is 69.4 Å². The van der Waals surface area contributed by atoms with Crippen molar-refractivity contribution in [1.82, 2.24) is 4.98 Å². The van der Waals surface area contributed by atoms with Crippen molar-refractivity contribution < 1.29 is 9.47 Å². The monoisotopic (exact) mass is 311 g/mol. The van der Waals surface area contributed by atoms with Gasteiger partial charge in [0.05, 0.1) is 10.0 Å². The minimum atomic E-state index is 0.240. The van der Waals surface area contributed by atoms with Crippen LogP contribution >= 0.6 is 23.2 Å². The summed E-state index contributed by atoms with van der Waals surface area (Å²) in [5, 5.41) is 3.87. The van der Waals surface area contributed by atoms with Crippen LogP contribution < -0.4 is 20.5 Å². The summed E-state index contributed by atoms with van der Waals surface area (Å²) in [5.74, 6) is 2.22. The number of hydrogen-bond acceptors (Lipinski definition) is 5. The van der Waals surface area contributed by atoms with Gasteiger partial charge in [-0.25, -0.2) is 4.98 Å². The molecule has 5 nitrogen and oxygen atoms in total. The van der Waals surface area contributed by atoms with Crippen molar-refractivity contribution in [2.24, 2.45) is 0 Å². The highest BCUT2D eigenvalue weighted by Gasteiger charge is 2.13. The molecule has 7 heteroatoms. The second-order valence-corrected chi connectivity index (χ2v) is 5.04. The molecule has 1 aliphatic heterocycles. The van der Waals surface area contributed by atoms with Gasteiger partial charge in [-0.1, -0.05) is 29.3 Å². The van der Waals surface area contributed by atoms with E-state index >= 15 is 0 Å². The van der Waals surface area contributed by atoms with Gasteiger partial charge in [-0.3, -0.25) is 0 Å². The maximum absolute atomic E-state index is 6.05. The summed E-state index contributed by atoms with van der Waals surface area (Å²) in [6, 6.07) is 7.27. The molecule has 0 aliphatic carbocycles. The number of pyridine rings is 1. The number of nitrogen functional groups attached to an aromatic ring is 1. The molecule has 0 amide bonds. The van der Waals surface area contributed by atoms with E-state index in [1.165, 1.54) is 0 Å². The van der Waals surface area contributed by atoms with Gasteiger partial charge in [0.15, 0.2) is 11.5 Å². The Kier molecular flexibility index (Phi) is 3.46. The molecule has 0 atom stereocenters. The van der Waals surface area contributed by atoms with Crippen LogP contribution in [0.4, 0.5) is 11.6 Å². The molecule has 1 aromatic heterocycles. The van der Waals surface area contributed by atoms with Crippen LogP contribution in [0.3, 0.4) is 0 Å². The lowest BCUT2D eigenvalue weighted by Crippen LogP contribution is -2.04. The number of benzene rings is 1. The van der Waals surface area contributed by atoms with Gasteiger partial charge < -0.3 is 20.5 Å². The van der Waals surface area contributed by atoms with Gasteiger partial charge in [0.1, 0.15) is 11.6 Å². The summed E-state index contributed by atoms with van der Waals surface area (Å²) >= 11 is 11.9. The smallest absolute Gasteiger partial charge is 0.231 e. The molecule has 0 bridgehead atoms. The molecule has 1 aliphatic rings. The van der Waals surface area contributed by atoms with Gasteiger partial charge >= 0.3 is 0 Å². The molecule has 3 N–H and O–H groups in total. The van der Waals surface area contributed by atoms with Crippen molar-refractivity contribution in [2.75, 3.05) is 17.8 Å². The Labute approximate surface area is 125 Å². The van der Waals surface area contributed by atoms with Crippen molar-refractivity contribution in [3.63, 3.8) is 0 Å². The van der Waals surface area contributed by atoms with Gasteiger partial charge in [0.2, 0.25) is 6.79 Å². The van der Waals surface area contributed by atoms with E-state index in [1.54, 1.807) is 6.07 Å². The highest BCUT2D eigenvalue weighted by atomic mass is 35.5. The minimum absolute atomic E-state index is 0.240. The Morgan fingerprint density at radius 2 is 1.95 bits per heavy atom. The second kappa shape index (κ2) is 5.26. The zero-order valence-corrected chi connectivity index (χ0v) is 11.8. The maximum Gasteiger partial charge on any atom is 0.231 e. The van der Waals surface area contributed by atoms with Crippen molar-refractivity contribution in [1.29, 1.82) is 0 Å². The SMILES string of the molecule is Nc1nc(NCc2ccc3c(c2)OCO3)c(Cl)cc1Cl. The number of aromatic nitrogens is 1. The highest BCUT2D eigenvalue weighted by Crippen LogP contribution is 2.33. The molecule has 0 saturated carbocycles. The Morgan fingerprint density at radius 3 is 2.80 bits per heavy atom. The van der Waals surface area contributed by atoms with Crippen LogP contribution in [0.2, 0.25) is 10.0 Å². The van der Waals surface area contributed by atoms with E-state index in [-0.39, 0.29) is 12.6 Å². The molecule has 3 rings (SSSR count). The number of nitrogens with two attached hydrogens (primary N) is 1. The summed E-state index contributed by atoms with van der Waals surface area (Å²) in [4.78, 5) is 4.11. The fraction of sp³-hybridized carbons (Fsp3) is 0.154. The maximum atomic E-state index is 6.05. The van der Waals surface area contributed by atoms with Crippen LogP contribution in [0, 0.1) is 0 Å². The first-order valence-electron chi connectivity index (χ1n) is 5.87. The lowest BCUT2D eigenvalue weighted by molar-refractivity contribution is 0.174. The summed E-state index contributed by atoms with van der Waals surface area (Å²) in [6.45, 7) is 0.789. The Bertz CT molecular complexity index is 664. The Hall–Kier alpha value is -1.85. The summed E-state index contributed by atoms with van der Waals surface area (Å²) < 4.78 is 10.6. The average Bonchev–Trinajstić information content (AvgIpc) is 2.89. The molecule has 20 heavy (non-hydrogen) atoms. The second-order valence-electron chi connectivity index (χ2n) is 4.23. The van der Waals surface area contributed by atoms with Crippen molar-refractivity contribution in [3.8, 4) is 11.5 Å². The number of nitrogens with one attached hydrogen (secondary N) is 1. The summed E-state index contributed by atoms with van der Waals surface area (Å²) in [5.41, 5.74) is 6.67. The number of nitrogens with zero attached hydrogens (tertiary/aromatic N) is 1. The van der Waals surface area contributed by atoms with Crippen LogP contribution in [0.25, 0.3) is 0 Å². The number of rotatable bonds is 3. The van der Waals surface area contributed by atoms with Crippen LogP contribution in [-0.2, 0) is 6.54 Å². The average molecular weight is 312 g/mol. The number of halogens is 2.